The first-order valence-corrected chi connectivity index (χ1v) is 6.10. The molecular weight excluding hydrogens is 282 g/mol. The Hall–Kier alpha value is -2.57. The summed E-state index contributed by atoms with van der Waals surface area (Å²) in [6.45, 7) is 2.36. The van der Waals surface area contributed by atoms with Gasteiger partial charge in [0.05, 0.1) is 5.56 Å². The number of Topliss-reactive ketones (excluding diaryl/α,β-unsaturated/α-hetero) is 1. The summed E-state index contributed by atoms with van der Waals surface area (Å²) < 4.78 is 27.3. The van der Waals surface area contributed by atoms with Crippen LogP contribution in [0.25, 0.3) is 0 Å². The molecule has 2 rings (SSSR count). The zero-order valence-corrected chi connectivity index (χ0v) is 11.4. The summed E-state index contributed by atoms with van der Waals surface area (Å²) in [5, 5.41) is 2.23. The van der Waals surface area contributed by atoms with Crippen LogP contribution in [-0.2, 0) is 6.54 Å². The van der Waals surface area contributed by atoms with Crippen LogP contribution >= 0.6 is 0 Å². The van der Waals surface area contributed by atoms with Crippen molar-refractivity contribution in [3.63, 3.8) is 0 Å². The lowest BCUT2D eigenvalue weighted by molar-refractivity contribution is 0.0960. The Kier molecular flexibility index (Phi) is 3.84. The number of H-pyrrole nitrogens is 1. The summed E-state index contributed by atoms with van der Waals surface area (Å²) >= 11 is 0. The SMILES string of the molecule is Cc1c(C)c(=O)n(CC(=O)c2cc(F)ccc2F)[nH]c1=O. The fraction of sp³-hybridized carbons (Fsp3) is 0.214. The van der Waals surface area contributed by atoms with Gasteiger partial charge in [-0.15, -0.1) is 0 Å². The fourth-order valence-electron chi connectivity index (χ4n) is 1.84. The van der Waals surface area contributed by atoms with Crippen molar-refractivity contribution in [2.75, 3.05) is 0 Å². The summed E-state index contributed by atoms with van der Waals surface area (Å²) in [5.74, 6) is -2.46. The topological polar surface area (TPSA) is 71.9 Å². The van der Waals surface area contributed by atoms with Gasteiger partial charge in [-0.05, 0) is 32.0 Å². The third kappa shape index (κ3) is 2.81. The summed E-state index contributed by atoms with van der Waals surface area (Å²) in [4.78, 5) is 35.5. The molecule has 0 fully saturated rings. The molecule has 0 amide bonds. The Morgan fingerprint density at radius 3 is 2.52 bits per heavy atom. The highest BCUT2D eigenvalue weighted by Gasteiger charge is 2.16. The van der Waals surface area contributed by atoms with Crippen LogP contribution < -0.4 is 11.1 Å². The van der Waals surface area contributed by atoms with E-state index in [-0.39, 0.29) is 11.1 Å². The number of nitrogens with one attached hydrogen (secondary N) is 1. The van der Waals surface area contributed by atoms with Crippen LogP contribution in [0.4, 0.5) is 8.78 Å². The van der Waals surface area contributed by atoms with E-state index in [2.05, 4.69) is 5.10 Å². The molecule has 21 heavy (non-hydrogen) atoms. The molecule has 2 aromatic rings. The number of ketones is 1. The van der Waals surface area contributed by atoms with Crippen LogP contribution in [0, 0.1) is 25.5 Å². The molecule has 1 N–H and O–H groups in total. The Balaban J connectivity index is 2.43. The average Bonchev–Trinajstić information content (AvgIpc) is 2.45. The minimum absolute atomic E-state index is 0.200. The second kappa shape index (κ2) is 5.43. The molecule has 0 radical (unpaired) electrons. The van der Waals surface area contributed by atoms with Crippen molar-refractivity contribution in [2.24, 2.45) is 0 Å². The summed E-state index contributed by atoms with van der Waals surface area (Å²) in [5.41, 5.74) is -1.09. The molecule has 0 unspecified atom stereocenters. The summed E-state index contributed by atoms with van der Waals surface area (Å²) in [7, 11) is 0. The molecule has 1 aromatic carbocycles. The number of halogens is 2. The third-order valence-electron chi connectivity index (χ3n) is 3.24. The van der Waals surface area contributed by atoms with Crippen molar-refractivity contribution in [1.29, 1.82) is 0 Å². The number of aromatic nitrogens is 2. The molecule has 0 saturated carbocycles. The number of carbonyl (C=O) groups excluding carboxylic acids is 1. The van der Waals surface area contributed by atoms with Crippen LogP contribution in [-0.4, -0.2) is 15.6 Å². The lowest BCUT2D eigenvalue weighted by atomic mass is 10.1. The van der Waals surface area contributed by atoms with Crippen molar-refractivity contribution < 1.29 is 13.6 Å². The molecule has 0 spiro atoms. The van der Waals surface area contributed by atoms with Crippen LogP contribution in [0.1, 0.15) is 21.5 Å². The van der Waals surface area contributed by atoms with Crippen LogP contribution in [0.3, 0.4) is 0 Å². The van der Waals surface area contributed by atoms with Crippen LogP contribution in [0.2, 0.25) is 0 Å². The number of rotatable bonds is 3. The van der Waals surface area contributed by atoms with E-state index in [1.807, 2.05) is 0 Å². The highest BCUT2D eigenvalue weighted by Crippen LogP contribution is 2.11. The van der Waals surface area contributed by atoms with Crippen molar-refractivity contribution in [1.82, 2.24) is 9.78 Å². The Morgan fingerprint density at radius 2 is 1.86 bits per heavy atom. The molecule has 0 aliphatic carbocycles. The first kappa shape index (κ1) is 14.8. The maximum Gasteiger partial charge on any atom is 0.268 e. The zero-order chi connectivity index (χ0) is 15.7. The predicted octanol–water partition coefficient (Wildman–Crippen LogP) is 1.31. The maximum absolute atomic E-state index is 13.5. The van der Waals surface area contributed by atoms with Gasteiger partial charge in [0.1, 0.15) is 18.2 Å². The molecular formula is C14H12F2N2O3. The van der Waals surface area contributed by atoms with Gasteiger partial charge >= 0.3 is 0 Å². The standard InChI is InChI=1S/C14H12F2N2O3/c1-7-8(2)14(21)18(17-13(7)20)6-12(19)10-5-9(15)3-4-11(10)16/h3-5H,6H2,1-2H3,(H,17,20). The quantitative estimate of drug-likeness (QED) is 0.868. The largest absolute Gasteiger partial charge is 0.292 e. The molecule has 0 saturated heterocycles. The van der Waals surface area contributed by atoms with Gasteiger partial charge < -0.3 is 0 Å². The minimum Gasteiger partial charge on any atom is -0.292 e. The third-order valence-corrected chi connectivity index (χ3v) is 3.24. The zero-order valence-electron chi connectivity index (χ0n) is 11.4. The number of benzene rings is 1. The van der Waals surface area contributed by atoms with Gasteiger partial charge in [-0.3, -0.25) is 19.5 Å². The summed E-state index contributed by atoms with van der Waals surface area (Å²) in [6.07, 6.45) is 0. The second-order valence-electron chi connectivity index (χ2n) is 4.63. The van der Waals surface area contributed by atoms with Crippen molar-refractivity contribution in [3.05, 3.63) is 67.2 Å². The second-order valence-corrected chi connectivity index (χ2v) is 4.63. The number of carbonyl (C=O) groups is 1. The number of nitrogens with zero attached hydrogens (tertiary/aromatic N) is 1. The molecule has 7 heteroatoms. The van der Waals surface area contributed by atoms with Gasteiger partial charge in [0.15, 0.2) is 5.78 Å². The van der Waals surface area contributed by atoms with E-state index in [0.717, 1.165) is 22.9 Å². The molecule has 0 atom stereocenters. The fourth-order valence-corrected chi connectivity index (χ4v) is 1.84. The Bertz CT molecular complexity index is 837. The van der Waals surface area contributed by atoms with Gasteiger partial charge in [-0.1, -0.05) is 0 Å². The van der Waals surface area contributed by atoms with Crippen molar-refractivity contribution in [2.45, 2.75) is 20.4 Å². The van der Waals surface area contributed by atoms with Crippen LogP contribution in [0.5, 0.6) is 0 Å². The van der Waals surface area contributed by atoms with Gasteiger partial charge in [0.2, 0.25) is 0 Å². The first-order chi connectivity index (χ1) is 9.81. The highest BCUT2D eigenvalue weighted by molar-refractivity contribution is 5.96. The van der Waals surface area contributed by atoms with E-state index in [1.165, 1.54) is 13.8 Å². The Labute approximate surface area is 117 Å². The smallest absolute Gasteiger partial charge is 0.268 e. The number of aromatic amines is 1. The van der Waals surface area contributed by atoms with E-state index in [0.29, 0.717) is 0 Å². The molecule has 1 heterocycles. The molecule has 1 aromatic heterocycles. The number of hydrogen-bond donors (Lipinski definition) is 1. The van der Waals surface area contributed by atoms with Gasteiger partial charge in [0, 0.05) is 11.1 Å². The van der Waals surface area contributed by atoms with Crippen molar-refractivity contribution in [3.8, 4) is 0 Å². The lowest BCUT2D eigenvalue weighted by Crippen LogP contribution is -2.35. The minimum atomic E-state index is -0.888. The van der Waals surface area contributed by atoms with E-state index < -0.39 is 40.6 Å². The van der Waals surface area contributed by atoms with Crippen LogP contribution in [0.15, 0.2) is 27.8 Å². The molecule has 0 aliphatic rings. The normalized spacial score (nSPS) is 10.7. The van der Waals surface area contributed by atoms with E-state index in [1.54, 1.807) is 0 Å². The Morgan fingerprint density at radius 1 is 1.19 bits per heavy atom. The number of hydrogen-bond acceptors (Lipinski definition) is 3. The highest BCUT2D eigenvalue weighted by atomic mass is 19.1. The predicted molar refractivity (Wildman–Crippen MR) is 71.5 cm³/mol. The lowest BCUT2D eigenvalue weighted by Gasteiger charge is -2.08. The van der Waals surface area contributed by atoms with E-state index in [4.69, 9.17) is 0 Å². The van der Waals surface area contributed by atoms with E-state index in [9.17, 15) is 23.2 Å². The van der Waals surface area contributed by atoms with Crippen molar-refractivity contribution >= 4 is 5.78 Å². The molecule has 0 aliphatic heterocycles. The average molecular weight is 294 g/mol. The van der Waals surface area contributed by atoms with Gasteiger partial charge in [-0.2, -0.15) is 0 Å². The molecule has 5 nitrogen and oxygen atoms in total. The maximum atomic E-state index is 13.5. The monoisotopic (exact) mass is 294 g/mol. The van der Waals surface area contributed by atoms with E-state index >= 15 is 0 Å². The summed E-state index contributed by atoms with van der Waals surface area (Å²) in [6, 6.07) is 2.46. The molecule has 0 bridgehead atoms. The van der Waals surface area contributed by atoms with Gasteiger partial charge in [-0.25, -0.2) is 13.5 Å². The first-order valence-electron chi connectivity index (χ1n) is 6.10. The molecule has 110 valence electrons. The van der Waals surface area contributed by atoms with Gasteiger partial charge in [0.25, 0.3) is 11.1 Å².